The van der Waals surface area contributed by atoms with Crippen molar-refractivity contribution < 1.29 is 17.9 Å². The number of hydrazine groups is 1. The Kier molecular flexibility index (Phi) is 5.47. The van der Waals surface area contributed by atoms with Crippen molar-refractivity contribution in [2.75, 3.05) is 12.4 Å². The van der Waals surface area contributed by atoms with Gasteiger partial charge in [-0.3, -0.25) is 4.79 Å². The lowest BCUT2D eigenvalue weighted by Crippen LogP contribution is -2.39. The number of methoxy groups -OCH3 is 1. The maximum absolute atomic E-state index is 12.5. The number of benzene rings is 2. The second-order valence-electron chi connectivity index (χ2n) is 6.39. The van der Waals surface area contributed by atoms with Gasteiger partial charge in [0, 0.05) is 11.7 Å². The van der Waals surface area contributed by atoms with E-state index in [9.17, 15) is 13.2 Å². The smallest absolute Gasteiger partial charge is 0.242 e. The van der Waals surface area contributed by atoms with E-state index >= 15 is 0 Å². The van der Waals surface area contributed by atoms with Gasteiger partial charge in [0.25, 0.3) is 0 Å². The van der Waals surface area contributed by atoms with Crippen molar-refractivity contribution in [2.45, 2.75) is 30.3 Å². The summed E-state index contributed by atoms with van der Waals surface area (Å²) < 4.78 is 28.6. The van der Waals surface area contributed by atoms with Crippen LogP contribution in [0.25, 0.3) is 0 Å². The van der Waals surface area contributed by atoms with Crippen molar-refractivity contribution in [1.82, 2.24) is 10.9 Å². The molecule has 0 saturated carbocycles. The highest BCUT2D eigenvalue weighted by Crippen LogP contribution is 2.30. The standard InChI is InChI=1S/C18H22N4O4S/c1-11-5-3-4-6-13(11)20-18(23)15-10-14(21-22-15)12-7-8-16(26-2)17(9-12)27(19,24)25/h3-9,14-15,21-22H,10H2,1-2H3,(H,20,23)(H2,19,24,25). The minimum atomic E-state index is -3.93. The number of primary sulfonamides is 1. The number of hydrogen-bond donors (Lipinski definition) is 4. The molecule has 27 heavy (non-hydrogen) atoms. The van der Waals surface area contributed by atoms with E-state index in [0.29, 0.717) is 12.0 Å². The number of nitrogens with one attached hydrogen (secondary N) is 3. The van der Waals surface area contributed by atoms with Gasteiger partial charge in [0.05, 0.1) is 7.11 Å². The average molecular weight is 390 g/mol. The van der Waals surface area contributed by atoms with Crippen molar-refractivity contribution >= 4 is 21.6 Å². The van der Waals surface area contributed by atoms with Gasteiger partial charge in [0.15, 0.2) is 0 Å². The summed E-state index contributed by atoms with van der Waals surface area (Å²) in [5.41, 5.74) is 8.42. The van der Waals surface area contributed by atoms with Gasteiger partial charge < -0.3 is 10.1 Å². The first-order chi connectivity index (χ1) is 12.8. The van der Waals surface area contributed by atoms with E-state index < -0.39 is 16.1 Å². The molecule has 144 valence electrons. The van der Waals surface area contributed by atoms with Gasteiger partial charge in [-0.1, -0.05) is 24.3 Å². The molecule has 2 atom stereocenters. The molecule has 0 aliphatic carbocycles. The van der Waals surface area contributed by atoms with Crippen LogP contribution in [0.4, 0.5) is 5.69 Å². The molecule has 0 bridgehead atoms. The van der Waals surface area contributed by atoms with Crippen LogP contribution < -0.4 is 26.0 Å². The van der Waals surface area contributed by atoms with Gasteiger partial charge in [0.1, 0.15) is 16.7 Å². The van der Waals surface area contributed by atoms with Crippen LogP contribution >= 0.6 is 0 Å². The minimum Gasteiger partial charge on any atom is -0.495 e. The molecule has 0 radical (unpaired) electrons. The van der Waals surface area contributed by atoms with E-state index in [0.717, 1.165) is 11.3 Å². The zero-order chi connectivity index (χ0) is 19.6. The van der Waals surface area contributed by atoms with E-state index in [-0.39, 0.29) is 22.6 Å². The van der Waals surface area contributed by atoms with E-state index in [1.165, 1.54) is 13.2 Å². The molecule has 1 heterocycles. The van der Waals surface area contributed by atoms with Gasteiger partial charge in [-0.25, -0.2) is 24.4 Å². The molecular formula is C18H22N4O4S. The van der Waals surface area contributed by atoms with Crippen molar-refractivity contribution in [3.05, 3.63) is 53.6 Å². The Balaban J connectivity index is 1.74. The molecule has 2 aromatic rings. The molecule has 1 amide bonds. The number of amides is 1. The summed E-state index contributed by atoms with van der Waals surface area (Å²) in [6, 6.07) is 11.6. The number of para-hydroxylation sites is 1. The molecule has 9 heteroatoms. The van der Waals surface area contributed by atoms with Crippen LogP contribution in [-0.4, -0.2) is 27.5 Å². The fourth-order valence-electron chi connectivity index (χ4n) is 3.01. The molecule has 0 spiro atoms. The quantitative estimate of drug-likeness (QED) is 0.608. The number of ether oxygens (including phenoxy) is 1. The van der Waals surface area contributed by atoms with Gasteiger partial charge >= 0.3 is 0 Å². The topological polar surface area (TPSA) is 123 Å². The zero-order valence-electron chi connectivity index (χ0n) is 15.0. The van der Waals surface area contributed by atoms with Crippen molar-refractivity contribution in [1.29, 1.82) is 0 Å². The summed E-state index contributed by atoms with van der Waals surface area (Å²) in [7, 11) is -2.55. The second kappa shape index (κ2) is 7.65. The summed E-state index contributed by atoms with van der Waals surface area (Å²) >= 11 is 0. The lowest BCUT2D eigenvalue weighted by molar-refractivity contribution is -0.117. The number of carbonyl (C=O) groups excluding carboxylic acids is 1. The first-order valence-electron chi connectivity index (χ1n) is 8.38. The SMILES string of the molecule is COc1ccc(C2CC(C(=O)Nc3ccccc3C)NN2)cc1S(N)(=O)=O. The number of nitrogens with two attached hydrogens (primary N) is 1. The highest BCUT2D eigenvalue weighted by Gasteiger charge is 2.31. The molecule has 5 N–H and O–H groups in total. The summed E-state index contributed by atoms with van der Waals surface area (Å²) in [5.74, 6) is 0.0144. The first kappa shape index (κ1) is 19.3. The normalized spacial score (nSPS) is 19.7. The molecule has 8 nitrogen and oxygen atoms in total. The number of sulfonamides is 1. The van der Waals surface area contributed by atoms with Crippen LogP contribution in [0, 0.1) is 6.92 Å². The van der Waals surface area contributed by atoms with Crippen molar-refractivity contribution in [3.63, 3.8) is 0 Å². The number of aryl methyl sites for hydroxylation is 1. The third-order valence-corrected chi connectivity index (χ3v) is 5.45. The zero-order valence-corrected chi connectivity index (χ0v) is 15.8. The van der Waals surface area contributed by atoms with E-state index in [1.54, 1.807) is 12.1 Å². The van der Waals surface area contributed by atoms with Gasteiger partial charge in [-0.05, 0) is 42.7 Å². The summed E-state index contributed by atoms with van der Waals surface area (Å²) in [6.07, 6.45) is 0.452. The predicted octanol–water partition coefficient (Wildman–Crippen LogP) is 1.20. The average Bonchev–Trinajstić information content (AvgIpc) is 3.12. The lowest BCUT2D eigenvalue weighted by atomic mass is 10.0. The van der Waals surface area contributed by atoms with Crippen LogP contribution in [-0.2, 0) is 14.8 Å². The van der Waals surface area contributed by atoms with Crippen LogP contribution in [0.5, 0.6) is 5.75 Å². The largest absolute Gasteiger partial charge is 0.495 e. The third kappa shape index (κ3) is 4.28. The lowest BCUT2D eigenvalue weighted by Gasteiger charge is -2.14. The van der Waals surface area contributed by atoms with Crippen molar-refractivity contribution in [3.8, 4) is 5.75 Å². The molecule has 1 saturated heterocycles. The Morgan fingerprint density at radius 1 is 1.22 bits per heavy atom. The van der Waals surface area contributed by atoms with E-state index in [2.05, 4.69) is 16.2 Å². The molecular weight excluding hydrogens is 368 g/mol. The predicted molar refractivity (Wildman–Crippen MR) is 102 cm³/mol. The molecule has 0 aromatic heterocycles. The van der Waals surface area contributed by atoms with Gasteiger partial charge in [-0.2, -0.15) is 0 Å². The molecule has 1 aliphatic heterocycles. The Morgan fingerprint density at radius 2 is 1.96 bits per heavy atom. The highest BCUT2D eigenvalue weighted by molar-refractivity contribution is 7.89. The molecule has 2 aromatic carbocycles. The fraction of sp³-hybridized carbons (Fsp3) is 0.278. The van der Waals surface area contributed by atoms with Crippen LogP contribution in [0.3, 0.4) is 0 Å². The molecule has 1 fully saturated rings. The molecule has 1 aliphatic rings. The van der Waals surface area contributed by atoms with Crippen LogP contribution in [0.2, 0.25) is 0 Å². The van der Waals surface area contributed by atoms with Crippen molar-refractivity contribution in [2.24, 2.45) is 5.14 Å². The Hall–Kier alpha value is -2.46. The van der Waals surface area contributed by atoms with Crippen LogP contribution in [0.15, 0.2) is 47.4 Å². The highest BCUT2D eigenvalue weighted by atomic mass is 32.2. The summed E-state index contributed by atoms with van der Waals surface area (Å²) in [4.78, 5) is 12.4. The maximum Gasteiger partial charge on any atom is 0.242 e. The summed E-state index contributed by atoms with van der Waals surface area (Å²) in [5, 5.41) is 8.17. The number of anilines is 1. The summed E-state index contributed by atoms with van der Waals surface area (Å²) in [6.45, 7) is 1.92. The Morgan fingerprint density at radius 3 is 2.63 bits per heavy atom. The fourth-order valence-corrected chi connectivity index (χ4v) is 3.74. The van der Waals surface area contributed by atoms with Gasteiger partial charge in [0.2, 0.25) is 15.9 Å². The number of rotatable bonds is 5. The van der Waals surface area contributed by atoms with E-state index in [4.69, 9.17) is 9.88 Å². The van der Waals surface area contributed by atoms with E-state index in [1.807, 2.05) is 31.2 Å². The number of hydrogen-bond acceptors (Lipinski definition) is 6. The maximum atomic E-state index is 12.5. The van der Waals surface area contributed by atoms with Crippen LogP contribution in [0.1, 0.15) is 23.6 Å². The number of carbonyl (C=O) groups is 1. The monoisotopic (exact) mass is 390 g/mol. The molecule has 3 rings (SSSR count). The van der Waals surface area contributed by atoms with Gasteiger partial charge in [-0.15, -0.1) is 0 Å². The third-order valence-electron chi connectivity index (χ3n) is 4.52. The Bertz CT molecular complexity index is 962. The molecule has 2 unspecified atom stereocenters. The minimum absolute atomic E-state index is 0.0860. The Labute approximate surface area is 158 Å². The first-order valence-corrected chi connectivity index (χ1v) is 9.92. The second-order valence-corrected chi connectivity index (χ2v) is 7.92.